The standard InChI is InChI=1S/C33H41N7O5/c1-4-44-32(41)27-23-35-28-21-30(45-19-5-10-38-13-11-37(2)12-14-38)29(43-3)20-26(28)31(27)39-15-17-40(18-16-39)33(42)36-25-8-6-24(22-34)7-9-25/h6-9,20-21,23H,4-5,10-19H2,1-3H3,(H,36,42). The molecule has 12 nitrogen and oxygen atoms in total. The summed E-state index contributed by atoms with van der Waals surface area (Å²) >= 11 is 0. The van der Waals surface area contributed by atoms with Crippen LogP contribution in [0.2, 0.25) is 0 Å². The third kappa shape index (κ3) is 7.74. The van der Waals surface area contributed by atoms with E-state index in [0.29, 0.717) is 72.3 Å². The van der Waals surface area contributed by atoms with Crippen molar-refractivity contribution in [2.24, 2.45) is 0 Å². The Kier molecular flexibility index (Phi) is 10.5. The van der Waals surface area contributed by atoms with Gasteiger partial charge in [-0.1, -0.05) is 0 Å². The fourth-order valence-electron chi connectivity index (χ4n) is 5.66. The second-order valence-corrected chi connectivity index (χ2v) is 11.2. The van der Waals surface area contributed by atoms with Crippen LogP contribution in [0.3, 0.4) is 0 Å². The Morgan fingerprint density at radius 2 is 1.73 bits per heavy atom. The number of rotatable bonds is 10. The largest absolute Gasteiger partial charge is 0.493 e. The molecule has 238 valence electrons. The zero-order chi connectivity index (χ0) is 31.8. The van der Waals surface area contributed by atoms with Crippen molar-refractivity contribution >= 4 is 34.3 Å². The van der Waals surface area contributed by atoms with Crippen LogP contribution in [0, 0.1) is 11.3 Å². The molecule has 0 atom stereocenters. The van der Waals surface area contributed by atoms with Crippen LogP contribution in [0.25, 0.3) is 10.9 Å². The van der Waals surface area contributed by atoms with Crippen LogP contribution >= 0.6 is 0 Å². The summed E-state index contributed by atoms with van der Waals surface area (Å²) in [6.07, 6.45) is 2.46. The van der Waals surface area contributed by atoms with Crippen molar-refractivity contribution in [3.8, 4) is 17.6 Å². The van der Waals surface area contributed by atoms with Gasteiger partial charge >= 0.3 is 12.0 Å². The van der Waals surface area contributed by atoms with E-state index in [4.69, 9.17) is 19.5 Å². The van der Waals surface area contributed by atoms with Crippen molar-refractivity contribution in [3.05, 3.63) is 53.7 Å². The smallest absolute Gasteiger partial charge is 0.341 e. The number of urea groups is 1. The summed E-state index contributed by atoms with van der Waals surface area (Å²) in [5.41, 5.74) is 2.89. The van der Waals surface area contributed by atoms with Crippen molar-refractivity contribution in [3.63, 3.8) is 0 Å². The van der Waals surface area contributed by atoms with Crippen molar-refractivity contribution in [1.29, 1.82) is 5.26 Å². The van der Waals surface area contributed by atoms with Crippen LogP contribution in [0.1, 0.15) is 29.3 Å². The third-order valence-electron chi connectivity index (χ3n) is 8.24. The highest BCUT2D eigenvalue weighted by Crippen LogP contribution is 2.38. The van der Waals surface area contributed by atoms with E-state index in [0.717, 1.165) is 44.5 Å². The SMILES string of the molecule is CCOC(=O)c1cnc2cc(OCCCN3CCN(C)CC3)c(OC)cc2c1N1CCN(C(=O)Nc2ccc(C#N)cc2)CC1. The Morgan fingerprint density at radius 3 is 2.40 bits per heavy atom. The second-order valence-electron chi connectivity index (χ2n) is 11.2. The molecule has 0 spiro atoms. The molecule has 3 aromatic rings. The van der Waals surface area contributed by atoms with Gasteiger partial charge in [-0.2, -0.15) is 5.26 Å². The first-order chi connectivity index (χ1) is 21.9. The lowest BCUT2D eigenvalue weighted by atomic mass is 10.1. The summed E-state index contributed by atoms with van der Waals surface area (Å²) in [6, 6.07) is 12.3. The number of amides is 2. The van der Waals surface area contributed by atoms with Crippen molar-refractivity contribution in [2.75, 3.05) is 96.5 Å². The van der Waals surface area contributed by atoms with Crippen molar-refractivity contribution in [2.45, 2.75) is 13.3 Å². The molecule has 1 aromatic heterocycles. The fourth-order valence-corrected chi connectivity index (χ4v) is 5.66. The van der Waals surface area contributed by atoms with Crippen LogP contribution in [-0.2, 0) is 4.74 Å². The number of nitriles is 1. The van der Waals surface area contributed by atoms with Gasteiger partial charge in [-0.3, -0.25) is 4.98 Å². The summed E-state index contributed by atoms with van der Waals surface area (Å²) in [6.45, 7) is 9.74. The van der Waals surface area contributed by atoms with E-state index in [2.05, 4.69) is 38.1 Å². The zero-order valence-electron chi connectivity index (χ0n) is 26.3. The van der Waals surface area contributed by atoms with E-state index in [1.165, 1.54) is 0 Å². The van der Waals surface area contributed by atoms with Gasteiger partial charge in [-0.25, -0.2) is 9.59 Å². The second kappa shape index (κ2) is 14.9. The first-order valence-electron chi connectivity index (χ1n) is 15.4. The number of pyridine rings is 1. The monoisotopic (exact) mass is 615 g/mol. The number of likely N-dealkylation sites (N-methyl/N-ethyl adjacent to an activating group) is 1. The maximum atomic E-state index is 13.1. The Balaban J connectivity index is 1.31. The van der Waals surface area contributed by atoms with E-state index in [-0.39, 0.29) is 12.6 Å². The summed E-state index contributed by atoms with van der Waals surface area (Å²) in [7, 11) is 3.76. The molecule has 1 N–H and O–H groups in total. The number of carbonyl (C=O) groups excluding carboxylic acids is 2. The Labute approximate surface area is 264 Å². The minimum Gasteiger partial charge on any atom is -0.493 e. The van der Waals surface area contributed by atoms with Crippen LogP contribution in [0.15, 0.2) is 42.6 Å². The maximum Gasteiger partial charge on any atom is 0.341 e. The van der Waals surface area contributed by atoms with Crippen LogP contribution < -0.4 is 19.7 Å². The van der Waals surface area contributed by atoms with Gasteiger partial charge in [0, 0.05) is 82.2 Å². The first-order valence-corrected chi connectivity index (χ1v) is 15.4. The molecule has 2 aromatic carbocycles. The number of fused-ring (bicyclic) bond motifs is 1. The van der Waals surface area contributed by atoms with Gasteiger partial charge in [-0.05, 0) is 50.7 Å². The number of anilines is 2. The molecular weight excluding hydrogens is 574 g/mol. The van der Waals surface area contributed by atoms with Gasteiger partial charge in [0.1, 0.15) is 5.56 Å². The summed E-state index contributed by atoms with van der Waals surface area (Å²) in [5.74, 6) is 0.715. The number of benzene rings is 2. The highest BCUT2D eigenvalue weighted by molar-refractivity contribution is 6.06. The van der Waals surface area contributed by atoms with Crippen molar-refractivity contribution in [1.82, 2.24) is 19.7 Å². The van der Waals surface area contributed by atoms with Gasteiger partial charge in [0.05, 0.1) is 43.2 Å². The number of esters is 1. The number of aromatic nitrogens is 1. The van der Waals surface area contributed by atoms with E-state index in [1.807, 2.05) is 12.1 Å². The normalized spacial score (nSPS) is 15.9. The highest BCUT2D eigenvalue weighted by atomic mass is 16.5. The van der Waals surface area contributed by atoms with E-state index in [9.17, 15) is 9.59 Å². The van der Waals surface area contributed by atoms with Gasteiger partial charge in [0.2, 0.25) is 0 Å². The third-order valence-corrected chi connectivity index (χ3v) is 8.24. The molecule has 45 heavy (non-hydrogen) atoms. The number of methoxy groups -OCH3 is 1. The lowest BCUT2D eigenvalue weighted by Crippen LogP contribution is -2.50. The summed E-state index contributed by atoms with van der Waals surface area (Å²) in [4.78, 5) is 39.3. The number of nitrogens with zero attached hydrogens (tertiary/aromatic N) is 6. The molecule has 0 bridgehead atoms. The maximum absolute atomic E-state index is 13.1. The topological polar surface area (TPSA) is 124 Å². The van der Waals surface area contributed by atoms with E-state index >= 15 is 0 Å². The Bertz CT molecular complexity index is 1530. The molecule has 0 unspecified atom stereocenters. The Morgan fingerprint density at radius 1 is 1.00 bits per heavy atom. The number of ether oxygens (including phenoxy) is 3. The minimum atomic E-state index is -0.453. The number of hydrogen-bond acceptors (Lipinski definition) is 10. The van der Waals surface area contributed by atoms with E-state index < -0.39 is 5.97 Å². The number of hydrogen-bond donors (Lipinski definition) is 1. The number of piperazine rings is 2. The first kappa shape index (κ1) is 31.8. The average Bonchev–Trinajstić information content (AvgIpc) is 3.07. The predicted octanol–water partition coefficient (Wildman–Crippen LogP) is 3.66. The molecule has 2 amide bonds. The average molecular weight is 616 g/mol. The molecule has 2 saturated heterocycles. The van der Waals surface area contributed by atoms with E-state index in [1.54, 1.807) is 49.4 Å². The lowest BCUT2D eigenvalue weighted by Gasteiger charge is -2.37. The highest BCUT2D eigenvalue weighted by Gasteiger charge is 2.28. The molecule has 2 aliphatic rings. The summed E-state index contributed by atoms with van der Waals surface area (Å²) in [5, 5.41) is 12.7. The molecule has 0 saturated carbocycles. The van der Waals surface area contributed by atoms with Gasteiger partial charge in [0.25, 0.3) is 0 Å². The predicted molar refractivity (Wildman–Crippen MR) is 172 cm³/mol. The lowest BCUT2D eigenvalue weighted by molar-refractivity contribution is 0.0526. The molecule has 5 rings (SSSR count). The van der Waals surface area contributed by atoms with Crippen LogP contribution in [0.4, 0.5) is 16.2 Å². The summed E-state index contributed by atoms with van der Waals surface area (Å²) < 4.78 is 17.3. The fraction of sp³-hybridized carbons (Fsp3) is 0.455. The molecule has 0 radical (unpaired) electrons. The van der Waals surface area contributed by atoms with Gasteiger partial charge < -0.3 is 39.1 Å². The van der Waals surface area contributed by atoms with Gasteiger partial charge in [-0.15, -0.1) is 0 Å². The number of carbonyl (C=O) groups is 2. The molecule has 2 aliphatic heterocycles. The molecular formula is C33H41N7O5. The Hall–Kier alpha value is -4.60. The molecule has 0 aliphatic carbocycles. The molecule has 12 heteroatoms. The van der Waals surface area contributed by atoms with Crippen LogP contribution in [0.5, 0.6) is 11.5 Å². The van der Waals surface area contributed by atoms with Gasteiger partial charge in [0.15, 0.2) is 11.5 Å². The van der Waals surface area contributed by atoms with Crippen LogP contribution in [-0.4, -0.2) is 118 Å². The molecule has 3 heterocycles. The zero-order valence-corrected chi connectivity index (χ0v) is 26.3. The van der Waals surface area contributed by atoms with Crippen molar-refractivity contribution < 1.29 is 23.8 Å². The molecule has 2 fully saturated rings. The minimum absolute atomic E-state index is 0.222. The number of nitrogens with one attached hydrogen (secondary N) is 1. The quantitative estimate of drug-likeness (QED) is 0.267.